The molecular formula is C16H16F2N2O. The second-order valence-electron chi connectivity index (χ2n) is 4.58. The number of hydrogen-bond acceptors (Lipinski definition) is 2. The average Bonchev–Trinajstić information content (AvgIpc) is 2.49. The third-order valence-corrected chi connectivity index (χ3v) is 2.90. The van der Waals surface area contributed by atoms with E-state index in [-0.39, 0.29) is 5.69 Å². The van der Waals surface area contributed by atoms with Crippen LogP contribution in [0.2, 0.25) is 0 Å². The summed E-state index contributed by atoms with van der Waals surface area (Å²) in [4.78, 5) is 12.0. The molecular weight excluding hydrogens is 274 g/mol. The van der Waals surface area contributed by atoms with Gasteiger partial charge in [-0.05, 0) is 42.8 Å². The van der Waals surface area contributed by atoms with E-state index >= 15 is 0 Å². The van der Waals surface area contributed by atoms with Crippen molar-refractivity contribution in [3.05, 3.63) is 59.7 Å². The largest absolute Gasteiger partial charge is 0.385 e. The molecule has 0 aliphatic heterocycles. The molecule has 0 atom stereocenters. The van der Waals surface area contributed by atoms with E-state index in [4.69, 9.17) is 0 Å². The van der Waals surface area contributed by atoms with E-state index in [2.05, 4.69) is 17.6 Å². The van der Waals surface area contributed by atoms with Crippen LogP contribution in [0.25, 0.3) is 0 Å². The zero-order chi connectivity index (χ0) is 15.2. The van der Waals surface area contributed by atoms with Crippen molar-refractivity contribution >= 4 is 17.3 Å². The van der Waals surface area contributed by atoms with Crippen LogP contribution in [0.4, 0.5) is 20.2 Å². The quantitative estimate of drug-likeness (QED) is 0.872. The van der Waals surface area contributed by atoms with Gasteiger partial charge in [-0.25, -0.2) is 8.78 Å². The summed E-state index contributed by atoms with van der Waals surface area (Å²) in [5.74, 6) is -1.77. The Bertz CT molecular complexity index is 627. The van der Waals surface area contributed by atoms with Crippen LogP contribution in [0.3, 0.4) is 0 Å². The molecule has 0 radical (unpaired) electrons. The van der Waals surface area contributed by atoms with Crippen molar-refractivity contribution in [1.29, 1.82) is 0 Å². The molecule has 0 aliphatic carbocycles. The van der Waals surface area contributed by atoms with Crippen molar-refractivity contribution in [2.45, 2.75) is 13.3 Å². The second-order valence-corrected chi connectivity index (χ2v) is 4.58. The smallest absolute Gasteiger partial charge is 0.255 e. The molecule has 2 rings (SSSR count). The Kier molecular flexibility index (Phi) is 4.87. The van der Waals surface area contributed by atoms with E-state index in [1.165, 1.54) is 0 Å². The molecule has 0 spiro atoms. The molecule has 0 bridgehead atoms. The number of anilines is 2. The molecule has 0 saturated carbocycles. The van der Waals surface area contributed by atoms with Gasteiger partial charge in [0.05, 0.1) is 5.69 Å². The number of rotatable bonds is 5. The third kappa shape index (κ3) is 4.02. The predicted octanol–water partition coefficient (Wildman–Crippen LogP) is 4.04. The molecule has 0 fully saturated rings. The lowest BCUT2D eigenvalue weighted by Gasteiger charge is -2.08. The molecule has 0 aliphatic rings. The fraction of sp³-hybridized carbons (Fsp3) is 0.188. The highest BCUT2D eigenvalue weighted by atomic mass is 19.1. The SMILES string of the molecule is CCCNc1ccc(C(=O)Nc2cc(F)ccc2F)cc1. The number of halogens is 2. The molecule has 2 aromatic carbocycles. The molecule has 0 saturated heterocycles. The lowest BCUT2D eigenvalue weighted by molar-refractivity contribution is 0.102. The van der Waals surface area contributed by atoms with Crippen LogP contribution < -0.4 is 10.6 Å². The molecule has 21 heavy (non-hydrogen) atoms. The van der Waals surface area contributed by atoms with E-state index in [0.717, 1.165) is 36.9 Å². The summed E-state index contributed by atoms with van der Waals surface area (Å²) < 4.78 is 26.5. The predicted molar refractivity (Wildman–Crippen MR) is 79.5 cm³/mol. The highest BCUT2D eigenvalue weighted by Crippen LogP contribution is 2.17. The number of benzene rings is 2. The van der Waals surface area contributed by atoms with Gasteiger partial charge in [-0.2, -0.15) is 0 Å². The average molecular weight is 290 g/mol. The fourth-order valence-electron chi connectivity index (χ4n) is 1.80. The van der Waals surface area contributed by atoms with Gasteiger partial charge in [-0.3, -0.25) is 4.79 Å². The minimum absolute atomic E-state index is 0.173. The first-order chi connectivity index (χ1) is 10.1. The Hall–Kier alpha value is -2.43. The van der Waals surface area contributed by atoms with Crippen molar-refractivity contribution in [3.63, 3.8) is 0 Å². The maximum atomic E-state index is 13.5. The van der Waals surface area contributed by atoms with Gasteiger partial charge in [-0.1, -0.05) is 6.92 Å². The van der Waals surface area contributed by atoms with E-state index in [9.17, 15) is 13.6 Å². The lowest BCUT2D eigenvalue weighted by atomic mass is 10.2. The van der Waals surface area contributed by atoms with Gasteiger partial charge in [0, 0.05) is 23.9 Å². The minimum atomic E-state index is -0.675. The van der Waals surface area contributed by atoms with Gasteiger partial charge < -0.3 is 10.6 Å². The summed E-state index contributed by atoms with van der Waals surface area (Å²) in [6.07, 6.45) is 1.00. The van der Waals surface area contributed by atoms with Gasteiger partial charge in [0.2, 0.25) is 0 Å². The Morgan fingerprint density at radius 3 is 2.48 bits per heavy atom. The number of nitrogens with one attached hydrogen (secondary N) is 2. The summed E-state index contributed by atoms with van der Waals surface area (Å²) >= 11 is 0. The summed E-state index contributed by atoms with van der Waals surface area (Å²) in [5.41, 5.74) is 1.11. The molecule has 3 nitrogen and oxygen atoms in total. The molecule has 0 heterocycles. The number of amides is 1. The van der Waals surface area contributed by atoms with Gasteiger partial charge in [0.25, 0.3) is 5.91 Å². The lowest BCUT2D eigenvalue weighted by Crippen LogP contribution is -2.13. The minimum Gasteiger partial charge on any atom is -0.385 e. The van der Waals surface area contributed by atoms with Gasteiger partial charge in [-0.15, -0.1) is 0 Å². The molecule has 0 aromatic heterocycles. The van der Waals surface area contributed by atoms with Crippen LogP contribution in [0.1, 0.15) is 23.7 Å². The summed E-state index contributed by atoms with van der Waals surface area (Å²) in [6.45, 7) is 2.91. The monoisotopic (exact) mass is 290 g/mol. The first-order valence-electron chi connectivity index (χ1n) is 6.70. The zero-order valence-corrected chi connectivity index (χ0v) is 11.6. The molecule has 5 heteroatoms. The first-order valence-corrected chi connectivity index (χ1v) is 6.70. The topological polar surface area (TPSA) is 41.1 Å². The summed E-state index contributed by atoms with van der Waals surface area (Å²) in [7, 11) is 0. The maximum Gasteiger partial charge on any atom is 0.255 e. The standard InChI is InChI=1S/C16H16F2N2O/c1-2-9-19-13-6-3-11(4-7-13)16(21)20-15-10-12(17)5-8-14(15)18/h3-8,10,19H,2,9H2,1H3,(H,20,21). The van der Waals surface area contributed by atoms with E-state index in [1.54, 1.807) is 24.3 Å². The van der Waals surface area contributed by atoms with Crippen LogP contribution in [0.15, 0.2) is 42.5 Å². The molecule has 2 aromatic rings. The van der Waals surface area contributed by atoms with Crippen LogP contribution in [0, 0.1) is 11.6 Å². The molecule has 0 unspecified atom stereocenters. The highest BCUT2D eigenvalue weighted by Gasteiger charge is 2.10. The number of hydrogen-bond donors (Lipinski definition) is 2. The van der Waals surface area contributed by atoms with Crippen molar-refractivity contribution in [1.82, 2.24) is 0 Å². The van der Waals surface area contributed by atoms with E-state index in [1.807, 2.05) is 0 Å². The second kappa shape index (κ2) is 6.83. The summed E-state index contributed by atoms with van der Waals surface area (Å²) in [5, 5.41) is 5.54. The highest BCUT2D eigenvalue weighted by molar-refractivity contribution is 6.04. The van der Waals surface area contributed by atoms with Crippen LogP contribution in [-0.2, 0) is 0 Å². The van der Waals surface area contributed by atoms with Crippen molar-refractivity contribution in [2.75, 3.05) is 17.2 Å². The fourth-order valence-corrected chi connectivity index (χ4v) is 1.80. The maximum absolute atomic E-state index is 13.5. The van der Waals surface area contributed by atoms with Crippen molar-refractivity contribution < 1.29 is 13.6 Å². The van der Waals surface area contributed by atoms with E-state index in [0.29, 0.717) is 5.56 Å². The Labute approximate surface area is 122 Å². The zero-order valence-electron chi connectivity index (χ0n) is 11.6. The normalized spacial score (nSPS) is 10.2. The Morgan fingerprint density at radius 2 is 1.81 bits per heavy atom. The molecule has 2 N–H and O–H groups in total. The molecule has 1 amide bonds. The van der Waals surface area contributed by atoms with Crippen molar-refractivity contribution in [3.8, 4) is 0 Å². The summed E-state index contributed by atoms with van der Waals surface area (Å²) in [6, 6.07) is 9.72. The number of carbonyl (C=O) groups is 1. The van der Waals surface area contributed by atoms with Gasteiger partial charge >= 0.3 is 0 Å². The first kappa shape index (κ1) is 15.0. The van der Waals surface area contributed by atoms with Gasteiger partial charge in [0.15, 0.2) is 0 Å². The van der Waals surface area contributed by atoms with Crippen LogP contribution in [-0.4, -0.2) is 12.5 Å². The van der Waals surface area contributed by atoms with Gasteiger partial charge in [0.1, 0.15) is 11.6 Å². The Balaban J connectivity index is 2.07. The van der Waals surface area contributed by atoms with Crippen LogP contribution >= 0.6 is 0 Å². The third-order valence-electron chi connectivity index (χ3n) is 2.90. The van der Waals surface area contributed by atoms with Crippen molar-refractivity contribution in [2.24, 2.45) is 0 Å². The van der Waals surface area contributed by atoms with E-state index < -0.39 is 17.5 Å². The number of carbonyl (C=O) groups excluding carboxylic acids is 1. The van der Waals surface area contributed by atoms with Crippen LogP contribution in [0.5, 0.6) is 0 Å². The molecule has 110 valence electrons. The Morgan fingerprint density at radius 1 is 1.10 bits per heavy atom.